The number of carbonyl (C=O) groups is 2. The second-order valence-electron chi connectivity index (χ2n) is 4.81. The average molecular weight is 291 g/mol. The van der Waals surface area contributed by atoms with Crippen molar-refractivity contribution in [3.8, 4) is 0 Å². The third-order valence-corrected chi connectivity index (χ3v) is 3.26. The van der Waals surface area contributed by atoms with Crippen LogP contribution in [0, 0.1) is 0 Å². The molecule has 6 nitrogen and oxygen atoms in total. The van der Waals surface area contributed by atoms with Gasteiger partial charge in [-0.15, -0.1) is 0 Å². The molecule has 1 fully saturated rings. The van der Waals surface area contributed by atoms with Crippen molar-refractivity contribution in [2.24, 2.45) is 0 Å². The predicted octanol–water partition coefficient (Wildman–Crippen LogP) is 1.42. The van der Waals surface area contributed by atoms with E-state index in [9.17, 15) is 14.7 Å². The fraction of sp³-hybridized carbons (Fsp3) is 0.333. The Hall–Kier alpha value is -2.34. The number of allylic oxidation sites excluding steroid dienone is 1. The van der Waals surface area contributed by atoms with E-state index in [0.29, 0.717) is 5.69 Å². The molecule has 0 bridgehead atoms. The normalized spacial score (nSPS) is 23.0. The first-order valence-electron chi connectivity index (χ1n) is 6.61. The van der Waals surface area contributed by atoms with Crippen LogP contribution in [0.4, 0.5) is 5.69 Å². The number of aromatic carboxylic acids is 1. The zero-order chi connectivity index (χ0) is 15.4. The van der Waals surface area contributed by atoms with Gasteiger partial charge in [0.25, 0.3) is 0 Å². The summed E-state index contributed by atoms with van der Waals surface area (Å²) in [6.07, 6.45) is 1.87. The molecule has 0 radical (unpaired) electrons. The van der Waals surface area contributed by atoms with Gasteiger partial charge in [-0.2, -0.15) is 0 Å². The summed E-state index contributed by atoms with van der Waals surface area (Å²) in [6.45, 7) is 1.77. The summed E-state index contributed by atoms with van der Waals surface area (Å²) < 4.78 is 5.13. The summed E-state index contributed by atoms with van der Waals surface area (Å²) in [7, 11) is 0. The number of benzene rings is 1. The topological polar surface area (TPSA) is 95.9 Å². The monoisotopic (exact) mass is 291 g/mol. The van der Waals surface area contributed by atoms with Crippen molar-refractivity contribution < 1.29 is 24.5 Å². The first kappa shape index (κ1) is 15.1. The van der Waals surface area contributed by atoms with E-state index in [2.05, 4.69) is 5.32 Å². The Labute approximate surface area is 122 Å². The number of aliphatic hydroxyl groups is 1. The molecule has 1 aromatic rings. The number of carbonyl (C=O) groups excluding carboxylic acids is 1. The Morgan fingerprint density at radius 3 is 2.67 bits per heavy atom. The molecule has 0 unspecified atom stereocenters. The Morgan fingerprint density at radius 2 is 2.10 bits per heavy atom. The van der Waals surface area contributed by atoms with Gasteiger partial charge in [-0.25, -0.2) is 4.79 Å². The molecular formula is C15H17NO5. The number of carboxylic acid groups (broad SMARTS) is 1. The van der Waals surface area contributed by atoms with Crippen molar-refractivity contribution in [1.29, 1.82) is 0 Å². The third kappa shape index (κ3) is 3.61. The van der Waals surface area contributed by atoms with Gasteiger partial charge in [0.15, 0.2) is 6.10 Å². The van der Waals surface area contributed by atoms with Crippen molar-refractivity contribution in [1.82, 2.24) is 0 Å². The molecule has 112 valence electrons. The molecular weight excluding hydrogens is 274 g/mol. The molecule has 1 aliphatic heterocycles. The van der Waals surface area contributed by atoms with E-state index in [1.807, 2.05) is 0 Å². The molecule has 1 heterocycles. The molecule has 0 aromatic heterocycles. The minimum absolute atomic E-state index is 0.153. The minimum Gasteiger partial charge on any atom is -0.478 e. The van der Waals surface area contributed by atoms with E-state index in [-0.39, 0.29) is 24.0 Å². The average Bonchev–Trinajstić information content (AvgIpc) is 2.80. The number of hydrogen-bond acceptors (Lipinski definition) is 5. The van der Waals surface area contributed by atoms with Gasteiger partial charge in [0.1, 0.15) is 6.10 Å². The fourth-order valence-corrected chi connectivity index (χ4v) is 2.25. The quantitative estimate of drug-likeness (QED) is 0.561. The van der Waals surface area contributed by atoms with E-state index in [1.54, 1.807) is 31.2 Å². The Kier molecular flexibility index (Phi) is 4.59. The lowest BCUT2D eigenvalue weighted by Crippen LogP contribution is -2.38. The number of cyclic esters (lactones) is 1. The zero-order valence-electron chi connectivity index (χ0n) is 11.5. The van der Waals surface area contributed by atoms with E-state index in [0.717, 1.165) is 0 Å². The maximum absolute atomic E-state index is 11.4. The highest BCUT2D eigenvalue weighted by atomic mass is 16.6. The zero-order valence-corrected chi connectivity index (χ0v) is 11.5. The first-order chi connectivity index (χ1) is 10.0. The molecule has 6 heteroatoms. The summed E-state index contributed by atoms with van der Waals surface area (Å²) in [5.74, 6) is -1.37. The molecule has 0 aliphatic carbocycles. The summed E-state index contributed by atoms with van der Waals surface area (Å²) in [5.41, 5.74) is 0.853. The maximum Gasteiger partial charge on any atom is 0.335 e. The van der Waals surface area contributed by atoms with Gasteiger partial charge in [-0.1, -0.05) is 12.2 Å². The van der Waals surface area contributed by atoms with E-state index in [1.165, 1.54) is 12.1 Å². The van der Waals surface area contributed by atoms with Gasteiger partial charge in [0.05, 0.1) is 18.0 Å². The largest absolute Gasteiger partial charge is 0.478 e. The van der Waals surface area contributed by atoms with Crippen LogP contribution < -0.4 is 5.32 Å². The molecule has 2 rings (SSSR count). The summed E-state index contributed by atoms with van der Waals surface area (Å²) >= 11 is 0. The highest BCUT2D eigenvalue weighted by Crippen LogP contribution is 2.23. The van der Waals surface area contributed by atoms with Gasteiger partial charge >= 0.3 is 11.9 Å². The van der Waals surface area contributed by atoms with Crippen LogP contribution in [-0.4, -0.2) is 40.4 Å². The lowest BCUT2D eigenvalue weighted by Gasteiger charge is -2.22. The number of ether oxygens (including phenoxy) is 1. The summed E-state index contributed by atoms with van der Waals surface area (Å²) in [4.78, 5) is 22.2. The van der Waals surface area contributed by atoms with Crippen LogP contribution >= 0.6 is 0 Å². The molecule has 0 amide bonds. The van der Waals surface area contributed by atoms with Crippen LogP contribution in [-0.2, 0) is 9.53 Å². The molecule has 1 saturated heterocycles. The van der Waals surface area contributed by atoms with Crippen LogP contribution in [0.1, 0.15) is 23.7 Å². The number of carboxylic acids is 1. The second-order valence-corrected chi connectivity index (χ2v) is 4.81. The number of rotatable bonds is 5. The van der Waals surface area contributed by atoms with Gasteiger partial charge in [-0.3, -0.25) is 4.79 Å². The predicted molar refractivity (Wildman–Crippen MR) is 76.1 cm³/mol. The highest BCUT2D eigenvalue weighted by Gasteiger charge is 2.38. The number of nitrogens with one attached hydrogen (secondary N) is 1. The summed E-state index contributed by atoms with van der Waals surface area (Å²) in [5, 5.41) is 21.9. The molecule has 21 heavy (non-hydrogen) atoms. The number of anilines is 1. The summed E-state index contributed by atoms with van der Waals surface area (Å²) in [6, 6.07) is 5.81. The Balaban J connectivity index is 2.09. The molecule has 0 saturated carbocycles. The van der Waals surface area contributed by atoms with E-state index < -0.39 is 18.2 Å². The maximum atomic E-state index is 11.4. The third-order valence-electron chi connectivity index (χ3n) is 3.26. The smallest absolute Gasteiger partial charge is 0.335 e. The van der Waals surface area contributed by atoms with Gasteiger partial charge in [0, 0.05) is 5.69 Å². The molecule has 1 aromatic carbocycles. The molecule has 3 N–H and O–H groups in total. The minimum atomic E-state index is -0.998. The van der Waals surface area contributed by atoms with Crippen molar-refractivity contribution in [3.05, 3.63) is 42.0 Å². The Morgan fingerprint density at radius 1 is 1.43 bits per heavy atom. The highest BCUT2D eigenvalue weighted by molar-refractivity contribution is 5.88. The van der Waals surface area contributed by atoms with E-state index >= 15 is 0 Å². The number of aliphatic hydroxyl groups excluding tert-OH is 1. The van der Waals surface area contributed by atoms with Crippen molar-refractivity contribution in [2.45, 2.75) is 31.6 Å². The second kappa shape index (κ2) is 6.41. The SMILES string of the molecule is CC=C[C@@H](O)[C@H]1OC(=O)C[C@H]1Nc1ccc(C(=O)O)cc1. The number of esters is 1. The first-order valence-corrected chi connectivity index (χ1v) is 6.61. The van der Waals surface area contributed by atoms with Gasteiger partial charge in [-0.05, 0) is 31.2 Å². The van der Waals surface area contributed by atoms with Crippen LogP contribution in [0.15, 0.2) is 36.4 Å². The van der Waals surface area contributed by atoms with Crippen LogP contribution in [0.3, 0.4) is 0 Å². The lowest BCUT2D eigenvalue weighted by atomic mass is 10.0. The van der Waals surface area contributed by atoms with Crippen LogP contribution in [0.25, 0.3) is 0 Å². The van der Waals surface area contributed by atoms with Gasteiger partial charge < -0.3 is 20.3 Å². The molecule has 0 spiro atoms. The molecule has 3 atom stereocenters. The van der Waals surface area contributed by atoms with Crippen molar-refractivity contribution in [3.63, 3.8) is 0 Å². The van der Waals surface area contributed by atoms with E-state index in [4.69, 9.17) is 9.84 Å². The fourth-order valence-electron chi connectivity index (χ4n) is 2.25. The van der Waals surface area contributed by atoms with Crippen LogP contribution in [0.5, 0.6) is 0 Å². The number of hydrogen-bond donors (Lipinski definition) is 3. The standard InChI is InChI=1S/C15H17NO5/c1-2-3-12(17)14-11(8-13(18)21-14)16-10-6-4-9(5-7-10)15(19)20/h2-7,11-12,14,16-17H,8H2,1H3,(H,19,20)/t11-,12-,14+/m1/s1. The van der Waals surface area contributed by atoms with Crippen molar-refractivity contribution >= 4 is 17.6 Å². The lowest BCUT2D eigenvalue weighted by molar-refractivity contribution is -0.144. The van der Waals surface area contributed by atoms with Gasteiger partial charge in [0.2, 0.25) is 0 Å². The Bertz CT molecular complexity index is 552. The molecule has 1 aliphatic rings. The van der Waals surface area contributed by atoms with Crippen LogP contribution in [0.2, 0.25) is 0 Å². The van der Waals surface area contributed by atoms with Crippen molar-refractivity contribution in [2.75, 3.05) is 5.32 Å².